The molecular formula is C16H21BrO. The minimum atomic E-state index is 0.254. The normalized spacial score (nSPS) is 23.9. The predicted molar refractivity (Wildman–Crippen MR) is 78.9 cm³/mol. The first kappa shape index (κ1) is 13.8. The Labute approximate surface area is 118 Å². The average Bonchev–Trinajstić information content (AvgIpc) is 2.41. The lowest BCUT2D eigenvalue weighted by Gasteiger charge is -2.27. The molecule has 0 heterocycles. The smallest absolute Gasteiger partial charge is 0.165 e. The van der Waals surface area contributed by atoms with Crippen molar-refractivity contribution >= 4 is 21.7 Å². The van der Waals surface area contributed by atoms with Crippen molar-refractivity contribution in [2.24, 2.45) is 11.8 Å². The molecule has 0 saturated heterocycles. The second-order valence-electron chi connectivity index (χ2n) is 5.47. The van der Waals surface area contributed by atoms with Gasteiger partial charge in [-0.15, -0.1) is 0 Å². The summed E-state index contributed by atoms with van der Waals surface area (Å²) in [6.45, 7) is 4.28. The van der Waals surface area contributed by atoms with E-state index in [1.165, 1.54) is 19.3 Å². The quantitative estimate of drug-likeness (QED) is 0.705. The van der Waals surface area contributed by atoms with Crippen LogP contribution in [0.4, 0.5) is 0 Å². The van der Waals surface area contributed by atoms with Crippen LogP contribution < -0.4 is 0 Å². The summed E-state index contributed by atoms with van der Waals surface area (Å²) in [4.78, 5) is 12.5. The third kappa shape index (κ3) is 3.03. The van der Waals surface area contributed by atoms with Crippen LogP contribution in [0, 0.1) is 18.8 Å². The molecular weight excluding hydrogens is 288 g/mol. The van der Waals surface area contributed by atoms with Crippen molar-refractivity contribution in [3.8, 4) is 0 Å². The molecule has 0 N–H and O–H groups in total. The van der Waals surface area contributed by atoms with Crippen LogP contribution >= 0.6 is 15.9 Å². The third-order valence-corrected chi connectivity index (χ3v) is 5.06. The van der Waals surface area contributed by atoms with Crippen molar-refractivity contribution in [1.29, 1.82) is 0 Å². The lowest BCUT2D eigenvalue weighted by atomic mass is 9.77. The highest BCUT2D eigenvalue weighted by atomic mass is 79.9. The first-order chi connectivity index (χ1) is 8.61. The second kappa shape index (κ2) is 6.01. The molecule has 1 fully saturated rings. The van der Waals surface area contributed by atoms with Crippen LogP contribution in [0.15, 0.2) is 22.7 Å². The third-order valence-electron chi connectivity index (χ3n) is 4.17. The molecule has 1 saturated carbocycles. The zero-order chi connectivity index (χ0) is 13.1. The summed E-state index contributed by atoms with van der Waals surface area (Å²) < 4.78 is 1.08. The Morgan fingerprint density at radius 2 is 2.17 bits per heavy atom. The lowest BCUT2D eigenvalue weighted by Crippen LogP contribution is -2.22. The number of hydrogen-bond donors (Lipinski definition) is 0. The van der Waals surface area contributed by atoms with Gasteiger partial charge in [0.1, 0.15) is 0 Å². The van der Waals surface area contributed by atoms with Crippen LogP contribution in [0.1, 0.15) is 54.9 Å². The van der Waals surface area contributed by atoms with Crippen molar-refractivity contribution < 1.29 is 4.79 Å². The van der Waals surface area contributed by atoms with Gasteiger partial charge >= 0.3 is 0 Å². The van der Waals surface area contributed by atoms with E-state index in [1.807, 2.05) is 25.1 Å². The molecule has 0 bridgehead atoms. The van der Waals surface area contributed by atoms with Gasteiger partial charge in [0, 0.05) is 16.0 Å². The Morgan fingerprint density at radius 3 is 2.83 bits per heavy atom. The fourth-order valence-corrected chi connectivity index (χ4v) is 3.18. The highest BCUT2D eigenvalue weighted by molar-refractivity contribution is 9.10. The highest BCUT2D eigenvalue weighted by Crippen LogP contribution is 2.33. The molecule has 98 valence electrons. The molecule has 2 heteroatoms. The van der Waals surface area contributed by atoms with Gasteiger partial charge in [-0.3, -0.25) is 4.79 Å². The number of aryl methyl sites for hydroxylation is 1. The first-order valence-corrected chi connectivity index (χ1v) is 7.71. The molecule has 1 nitrogen and oxygen atoms in total. The van der Waals surface area contributed by atoms with Crippen molar-refractivity contribution in [1.82, 2.24) is 0 Å². The summed E-state index contributed by atoms with van der Waals surface area (Å²) in [7, 11) is 0. The van der Waals surface area contributed by atoms with E-state index in [2.05, 4.69) is 22.9 Å². The molecule has 0 spiro atoms. The Kier molecular flexibility index (Phi) is 4.60. The second-order valence-corrected chi connectivity index (χ2v) is 6.32. The van der Waals surface area contributed by atoms with Gasteiger partial charge in [-0.05, 0) is 43.4 Å². The van der Waals surface area contributed by atoms with Crippen LogP contribution in [0.5, 0.6) is 0 Å². The van der Waals surface area contributed by atoms with Crippen molar-refractivity contribution in [2.75, 3.05) is 0 Å². The molecule has 0 amide bonds. The van der Waals surface area contributed by atoms with Gasteiger partial charge in [0.2, 0.25) is 0 Å². The number of rotatable bonds is 3. The van der Waals surface area contributed by atoms with E-state index in [0.717, 1.165) is 34.4 Å². The SMILES string of the molecule is CCC1CCCC(C(=O)c2ccc(Br)c(C)c2)C1. The molecule has 0 aromatic heterocycles. The fraction of sp³-hybridized carbons (Fsp3) is 0.562. The predicted octanol–water partition coefficient (Wildman–Crippen LogP) is 5.16. The number of Topliss-reactive ketones (excluding diaryl/α,β-unsaturated/α-hetero) is 1. The maximum atomic E-state index is 12.5. The topological polar surface area (TPSA) is 17.1 Å². The van der Waals surface area contributed by atoms with Gasteiger partial charge in [-0.25, -0.2) is 0 Å². The Morgan fingerprint density at radius 1 is 1.39 bits per heavy atom. The summed E-state index contributed by atoms with van der Waals surface area (Å²) in [6, 6.07) is 5.96. The number of carbonyl (C=O) groups is 1. The molecule has 1 aromatic rings. The zero-order valence-electron chi connectivity index (χ0n) is 11.2. The van der Waals surface area contributed by atoms with E-state index in [4.69, 9.17) is 0 Å². The maximum absolute atomic E-state index is 12.5. The average molecular weight is 309 g/mol. The van der Waals surface area contributed by atoms with Gasteiger partial charge in [0.15, 0.2) is 5.78 Å². The Bertz CT molecular complexity index is 439. The summed E-state index contributed by atoms with van der Waals surface area (Å²) in [5.41, 5.74) is 2.03. The van der Waals surface area contributed by atoms with E-state index in [0.29, 0.717) is 5.78 Å². The van der Waals surface area contributed by atoms with Crippen molar-refractivity contribution in [3.05, 3.63) is 33.8 Å². The summed E-state index contributed by atoms with van der Waals surface area (Å²) >= 11 is 3.48. The highest BCUT2D eigenvalue weighted by Gasteiger charge is 2.27. The minimum absolute atomic E-state index is 0.254. The van der Waals surface area contributed by atoms with E-state index < -0.39 is 0 Å². The van der Waals surface area contributed by atoms with Crippen LogP contribution in [0.2, 0.25) is 0 Å². The lowest BCUT2D eigenvalue weighted by molar-refractivity contribution is 0.0862. The van der Waals surface area contributed by atoms with E-state index in [9.17, 15) is 4.79 Å². The molecule has 2 unspecified atom stereocenters. The molecule has 1 aliphatic carbocycles. The zero-order valence-corrected chi connectivity index (χ0v) is 12.8. The van der Waals surface area contributed by atoms with Crippen molar-refractivity contribution in [3.63, 3.8) is 0 Å². The number of hydrogen-bond acceptors (Lipinski definition) is 1. The minimum Gasteiger partial charge on any atom is -0.294 e. The monoisotopic (exact) mass is 308 g/mol. The summed E-state index contributed by atoms with van der Waals surface area (Å²) in [5.74, 6) is 1.36. The molecule has 0 aliphatic heterocycles. The van der Waals surface area contributed by atoms with E-state index in [-0.39, 0.29) is 5.92 Å². The summed E-state index contributed by atoms with van der Waals surface area (Å²) in [5, 5.41) is 0. The molecule has 2 atom stereocenters. The molecule has 1 aromatic carbocycles. The Hall–Kier alpha value is -0.630. The van der Waals surface area contributed by atoms with Crippen LogP contribution in [0.25, 0.3) is 0 Å². The van der Waals surface area contributed by atoms with E-state index in [1.54, 1.807) is 0 Å². The van der Waals surface area contributed by atoms with Gasteiger partial charge in [-0.2, -0.15) is 0 Å². The van der Waals surface area contributed by atoms with Gasteiger partial charge < -0.3 is 0 Å². The number of carbonyl (C=O) groups excluding carboxylic acids is 1. The van der Waals surface area contributed by atoms with Gasteiger partial charge in [0.05, 0.1) is 0 Å². The standard InChI is InChI=1S/C16H21BrO/c1-3-12-5-4-6-13(10-12)16(18)14-7-8-15(17)11(2)9-14/h7-9,12-13H,3-6,10H2,1-2H3. The molecule has 2 rings (SSSR count). The number of halogens is 1. The molecule has 18 heavy (non-hydrogen) atoms. The van der Waals surface area contributed by atoms with Gasteiger partial charge in [-0.1, -0.05) is 48.2 Å². The molecule has 0 radical (unpaired) electrons. The fourth-order valence-electron chi connectivity index (χ4n) is 2.93. The van der Waals surface area contributed by atoms with Crippen LogP contribution in [-0.4, -0.2) is 5.78 Å². The van der Waals surface area contributed by atoms with Crippen LogP contribution in [-0.2, 0) is 0 Å². The van der Waals surface area contributed by atoms with Crippen molar-refractivity contribution in [2.45, 2.75) is 46.0 Å². The van der Waals surface area contributed by atoms with E-state index >= 15 is 0 Å². The Balaban J connectivity index is 2.12. The first-order valence-electron chi connectivity index (χ1n) is 6.92. The van der Waals surface area contributed by atoms with Crippen LogP contribution in [0.3, 0.4) is 0 Å². The molecule has 1 aliphatic rings. The number of benzene rings is 1. The van der Waals surface area contributed by atoms with Gasteiger partial charge in [0.25, 0.3) is 0 Å². The number of ketones is 1. The largest absolute Gasteiger partial charge is 0.294 e. The maximum Gasteiger partial charge on any atom is 0.165 e. The summed E-state index contributed by atoms with van der Waals surface area (Å²) in [6.07, 6.45) is 5.89.